The van der Waals surface area contributed by atoms with Gasteiger partial charge in [-0.1, -0.05) is 48.0 Å². The molecule has 2 aromatic carbocycles. The highest BCUT2D eigenvalue weighted by Crippen LogP contribution is 2.23. The number of hydrogen-bond acceptors (Lipinski definition) is 4. The van der Waals surface area contributed by atoms with Gasteiger partial charge in [-0.05, 0) is 25.5 Å². The van der Waals surface area contributed by atoms with Gasteiger partial charge in [-0.15, -0.1) is 5.10 Å². The Morgan fingerprint density at radius 1 is 1.15 bits per heavy atom. The van der Waals surface area contributed by atoms with Gasteiger partial charge in [0.05, 0.1) is 12.3 Å². The summed E-state index contributed by atoms with van der Waals surface area (Å²) in [6.07, 6.45) is 0. The molecule has 0 aliphatic carbocycles. The first-order valence-electron chi connectivity index (χ1n) is 8.47. The number of nitrogens with zero attached hydrogens (tertiary/aromatic N) is 3. The number of nitrogens with one attached hydrogen (secondary N) is 1. The van der Waals surface area contributed by atoms with Crippen molar-refractivity contribution in [2.45, 2.75) is 13.8 Å². The first-order valence-corrected chi connectivity index (χ1v) is 8.47. The van der Waals surface area contributed by atoms with Gasteiger partial charge in [0.2, 0.25) is 5.82 Å². The minimum atomic E-state index is -0.317. The van der Waals surface area contributed by atoms with E-state index in [2.05, 4.69) is 21.5 Å². The summed E-state index contributed by atoms with van der Waals surface area (Å²) in [5.41, 5.74) is 4.04. The predicted molar refractivity (Wildman–Crippen MR) is 100 cm³/mol. The average molecular weight is 350 g/mol. The molecule has 0 saturated carbocycles. The first-order chi connectivity index (χ1) is 12.6. The molecule has 3 rings (SSSR count). The predicted octanol–water partition coefficient (Wildman–Crippen LogP) is 2.93. The lowest BCUT2D eigenvalue weighted by molar-refractivity contribution is 0.0927. The van der Waals surface area contributed by atoms with Gasteiger partial charge in [0.1, 0.15) is 0 Å². The average Bonchev–Trinajstić information content (AvgIpc) is 3.08. The molecule has 1 N–H and O–H groups in total. The van der Waals surface area contributed by atoms with Crippen molar-refractivity contribution in [2.75, 3.05) is 20.3 Å². The van der Waals surface area contributed by atoms with Crippen molar-refractivity contribution in [2.24, 2.45) is 0 Å². The molecule has 3 aromatic rings. The molecule has 0 aliphatic heterocycles. The molecule has 0 radical (unpaired) electrons. The fourth-order valence-corrected chi connectivity index (χ4v) is 2.74. The molecular formula is C20H22N4O2. The van der Waals surface area contributed by atoms with Crippen LogP contribution in [0.1, 0.15) is 21.7 Å². The Balaban J connectivity index is 2.05. The molecule has 1 heterocycles. The van der Waals surface area contributed by atoms with Crippen molar-refractivity contribution in [3.63, 3.8) is 0 Å². The summed E-state index contributed by atoms with van der Waals surface area (Å²) in [6, 6.07) is 15.8. The summed E-state index contributed by atoms with van der Waals surface area (Å²) < 4.78 is 6.69. The topological polar surface area (TPSA) is 69.0 Å². The fourth-order valence-electron chi connectivity index (χ4n) is 2.74. The third-order valence-corrected chi connectivity index (χ3v) is 4.01. The molecule has 0 atom stereocenters. The van der Waals surface area contributed by atoms with Crippen LogP contribution in [0.3, 0.4) is 0 Å². The van der Waals surface area contributed by atoms with Crippen LogP contribution in [-0.4, -0.2) is 40.9 Å². The second kappa shape index (κ2) is 7.93. The number of carbonyl (C=O) groups is 1. The van der Waals surface area contributed by atoms with Crippen molar-refractivity contribution >= 4 is 5.91 Å². The fraction of sp³-hybridized carbons (Fsp3) is 0.250. The van der Waals surface area contributed by atoms with E-state index >= 15 is 0 Å². The van der Waals surface area contributed by atoms with Crippen LogP contribution in [-0.2, 0) is 4.74 Å². The number of aromatic nitrogens is 3. The first kappa shape index (κ1) is 17.8. The third kappa shape index (κ3) is 3.81. The summed E-state index contributed by atoms with van der Waals surface area (Å²) in [4.78, 5) is 16.9. The van der Waals surface area contributed by atoms with Gasteiger partial charge in [0.25, 0.3) is 5.91 Å². The number of methoxy groups -OCH3 is 1. The second-order valence-electron chi connectivity index (χ2n) is 6.08. The Hall–Kier alpha value is -2.99. The van der Waals surface area contributed by atoms with Crippen LogP contribution in [0.25, 0.3) is 17.1 Å². The van der Waals surface area contributed by atoms with E-state index in [0.717, 1.165) is 16.8 Å². The molecule has 0 aliphatic rings. The molecule has 1 aromatic heterocycles. The van der Waals surface area contributed by atoms with Crippen molar-refractivity contribution in [1.82, 2.24) is 20.1 Å². The monoisotopic (exact) mass is 350 g/mol. The number of amides is 1. The van der Waals surface area contributed by atoms with Crippen molar-refractivity contribution in [3.8, 4) is 17.1 Å². The largest absolute Gasteiger partial charge is 0.383 e. The number of ether oxygens (including phenoxy) is 1. The zero-order chi connectivity index (χ0) is 18.5. The van der Waals surface area contributed by atoms with Crippen molar-refractivity contribution < 1.29 is 9.53 Å². The third-order valence-electron chi connectivity index (χ3n) is 4.01. The Bertz CT molecular complexity index is 903. The second-order valence-corrected chi connectivity index (χ2v) is 6.08. The smallest absolute Gasteiger partial charge is 0.291 e. The van der Waals surface area contributed by atoms with Gasteiger partial charge < -0.3 is 10.1 Å². The van der Waals surface area contributed by atoms with E-state index in [0.29, 0.717) is 19.0 Å². The Kier molecular flexibility index (Phi) is 5.43. The Morgan fingerprint density at radius 2 is 1.92 bits per heavy atom. The lowest BCUT2D eigenvalue weighted by Gasteiger charge is -2.09. The van der Waals surface area contributed by atoms with Crippen LogP contribution < -0.4 is 5.32 Å². The maximum atomic E-state index is 12.4. The van der Waals surface area contributed by atoms with Crippen LogP contribution in [0, 0.1) is 13.8 Å². The molecule has 134 valence electrons. The molecule has 6 nitrogen and oxygen atoms in total. The maximum absolute atomic E-state index is 12.4. The molecule has 6 heteroatoms. The lowest BCUT2D eigenvalue weighted by atomic mass is 10.1. The Labute approximate surface area is 152 Å². The highest BCUT2D eigenvalue weighted by molar-refractivity contribution is 5.91. The number of carbonyl (C=O) groups excluding carboxylic acids is 1. The normalized spacial score (nSPS) is 10.7. The molecule has 0 saturated heterocycles. The van der Waals surface area contributed by atoms with Crippen LogP contribution >= 0.6 is 0 Å². The van der Waals surface area contributed by atoms with E-state index in [1.165, 1.54) is 5.56 Å². The molecule has 0 spiro atoms. The summed E-state index contributed by atoms with van der Waals surface area (Å²) in [7, 11) is 1.59. The maximum Gasteiger partial charge on any atom is 0.291 e. The van der Waals surface area contributed by atoms with E-state index in [9.17, 15) is 4.79 Å². The minimum Gasteiger partial charge on any atom is -0.383 e. The van der Waals surface area contributed by atoms with Crippen LogP contribution in [0.15, 0.2) is 48.5 Å². The van der Waals surface area contributed by atoms with Crippen molar-refractivity contribution in [3.05, 3.63) is 65.5 Å². The van der Waals surface area contributed by atoms with Crippen molar-refractivity contribution in [1.29, 1.82) is 0 Å². The zero-order valence-corrected chi connectivity index (χ0v) is 15.2. The van der Waals surface area contributed by atoms with E-state index in [1.807, 2.05) is 56.3 Å². The van der Waals surface area contributed by atoms with Gasteiger partial charge in [-0.3, -0.25) is 4.79 Å². The highest BCUT2D eigenvalue weighted by atomic mass is 16.5. The van der Waals surface area contributed by atoms with Crippen LogP contribution in [0.5, 0.6) is 0 Å². The number of hydrogen-bond donors (Lipinski definition) is 1. The molecule has 26 heavy (non-hydrogen) atoms. The van der Waals surface area contributed by atoms with E-state index in [-0.39, 0.29) is 11.7 Å². The SMILES string of the molecule is COCCNC(=O)c1nc(-c2ccccc2)n(-c2ccc(C)cc2C)n1. The molecule has 0 bridgehead atoms. The van der Waals surface area contributed by atoms with Gasteiger partial charge in [-0.2, -0.15) is 0 Å². The summed E-state index contributed by atoms with van der Waals surface area (Å²) in [5.74, 6) is 0.456. The number of aryl methyl sites for hydroxylation is 2. The van der Waals surface area contributed by atoms with Gasteiger partial charge in [0.15, 0.2) is 5.82 Å². The van der Waals surface area contributed by atoms with Gasteiger partial charge in [-0.25, -0.2) is 9.67 Å². The summed E-state index contributed by atoms with van der Waals surface area (Å²) >= 11 is 0. The van der Waals surface area contributed by atoms with Crippen LogP contribution in [0.2, 0.25) is 0 Å². The molecule has 0 fully saturated rings. The molecule has 1 amide bonds. The summed E-state index contributed by atoms with van der Waals surface area (Å²) in [5, 5.41) is 7.24. The van der Waals surface area contributed by atoms with Gasteiger partial charge in [0, 0.05) is 19.2 Å². The van der Waals surface area contributed by atoms with Gasteiger partial charge >= 0.3 is 0 Å². The zero-order valence-electron chi connectivity index (χ0n) is 15.2. The quantitative estimate of drug-likeness (QED) is 0.694. The number of benzene rings is 2. The number of rotatable bonds is 6. The summed E-state index contributed by atoms with van der Waals surface area (Å²) in [6.45, 7) is 4.92. The van der Waals surface area contributed by atoms with E-state index in [1.54, 1.807) is 11.8 Å². The standard InChI is InChI=1S/C20H22N4O2/c1-14-9-10-17(15(2)13-14)24-19(16-7-5-4-6-8-16)22-18(23-24)20(25)21-11-12-26-3/h4-10,13H,11-12H2,1-3H3,(H,21,25). The van der Waals surface area contributed by atoms with E-state index in [4.69, 9.17) is 4.74 Å². The van der Waals surface area contributed by atoms with E-state index < -0.39 is 0 Å². The molecule has 0 unspecified atom stereocenters. The molecular weight excluding hydrogens is 328 g/mol. The minimum absolute atomic E-state index is 0.139. The Morgan fingerprint density at radius 3 is 2.62 bits per heavy atom. The lowest BCUT2D eigenvalue weighted by Crippen LogP contribution is -2.28. The van der Waals surface area contributed by atoms with Crippen LogP contribution in [0.4, 0.5) is 0 Å². The highest BCUT2D eigenvalue weighted by Gasteiger charge is 2.19.